The molecule has 1 aromatic heterocycles. The van der Waals surface area contributed by atoms with Gasteiger partial charge < -0.3 is 19.5 Å². The summed E-state index contributed by atoms with van der Waals surface area (Å²) in [4.78, 5) is 8.33. The van der Waals surface area contributed by atoms with E-state index >= 15 is 0 Å². The van der Waals surface area contributed by atoms with E-state index in [9.17, 15) is 0 Å². The molecule has 0 aliphatic carbocycles. The zero-order valence-corrected chi connectivity index (χ0v) is 10.5. The van der Waals surface area contributed by atoms with Crippen LogP contribution < -0.4 is 10.1 Å². The molecule has 0 aromatic carbocycles. The van der Waals surface area contributed by atoms with E-state index in [4.69, 9.17) is 14.2 Å². The molecule has 96 valence electrons. The first-order valence-electron chi connectivity index (χ1n) is 5.46. The Kier molecular flexibility index (Phi) is 6.27. The van der Waals surface area contributed by atoms with Gasteiger partial charge in [-0.3, -0.25) is 0 Å². The lowest BCUT2D eigenvalue weighted by molar-refractivity contribution is 0.0759. The SMILES string of the molecule is COCCOCCNc1cc(OC)nc(C)n1. The molecule has 0 fully saturated rings. The summed E-state index contributed by atoms with van der Waals surface area (Å²) in [6.07, 6.45) is 0. The Morgan fingerprint density at radius 1 is 1.18 bits per heavy atom. The van der Waals surface area contributed by atoms with E-state index in [1.54, 1.807) is 20.3 Å². The van der Waals surface area contributed by atoms with E-state index in [1.165, 1.54) is 0 Å². The molecule has 0 unspecified atom stereocenters. The summed E-state index contributed by atoms with van der Waals surface area (Å²) in [6.45, 7) is 4.32. The lowest BCUT2D eigenvalue weighted by Gasteiger charge is -2.08. The Morgan fingerprint density at radius 3 is 2.71 bits per heavy atom. The van der Waals surface area contributed by atoms with Crippen LogP contribution in [0.15, 0.2) is 6.07 Å². The second kappa shape index (κ2) is 7.81. The summed E-state index contributed by atoms with van der Waals surface area (Å²) in [5.74, 6) is 1.97. The minimum absolute atomic E-state index is 0.556. The fraction of sp³-hybridized carbons (Fsp3) is 0.636. The fourth-order valence-electron chi connectivity index (χ4n) is 1.23. The lowest BCUT2D eigenvalue weighted by Crippen LogP contribution is -2.13. The number of nitrogens with one attached hydrogen (secondary N) is 1. The van der Waals surface area contributed by atoms with Crippen molar-refractivity contribution in [2.75, 3.05) is 45.9 Å². The molecular formula is C11H19N3O3. The van der Waals surface area contributed by atoms with Crippen LogP contribution in [0.5, 0.6) is 5.88 Å². The minimum Gasteiger partial charge on any atom is -0.481 e. The van der Waals surface area contributed by atoms with E-state index in [2.05, 4.69) is 15.3 Å². The molecule has 0 saturated heterocycles. The Morgan fingerprint density at radius 2 is 2.00 bits per heavy atom. The number of aryl methyl sites for hydroxylation is 1. The average Bonchev–Trinajstić information content (AvgIpc) is 2.33. The van der Waals surface area contributed by atoms with E-state index in [0.29, 0.717) is 38.1 Å². The second-order valence-electron chi connectivity index (χ2n) is 3.37. The van der Waals surface area contributed by atoms with Gasteiger partial charge in [0.1, 0.15) is 11.6 Å². The van der Waals surface area contributed by atoms with Crippen molar-refractivity contribution in [2.24, 2.45) is 0 Å². The third kappa shape index (κ3) is 5.46. The molecule has 1 aromatic rings. The van der Waals surface area contributed by atoms with Crippen molar-refractivity contribution in [3.63, 3.8) is 0 Å². The molecule has 0 spiro atoms. The normalized spacial score (nSPS) is 10.3. The van der Waals surface area contributed by atoms with E-state index in [-0.39, 0.29) is 0 Å². The minimum atomic E-state index is 0.556. The van der Waals surface area contributed by atoms with Gasteiger partial charge in [0.2, 0.25) is 5.88 Å². The maximum absolute atomic E-state index is 5.32. The monoisotopic (exact) mass is 241 g/mol. The van der Waals surface area contributed by atoms with Crippen molar-refractivity contribution < 1.29 is 14.2 Å². The number of methoxy groups -OCH3 is 2. The fourth-order valence-corrected chi connectivity index (χ4v) is 1.23. The highest BCUT2D eigenvalue weighted by atomic mass is 16.5. The molecule has 1 rings (SSSR count). The number of aromatic nitrogens is 2. The van der Waals surface area contributed by atoms with Gasteiger partial charge in [-0.25, -0.2) is 4.98 Å². The molecule has 0 saturated carbocycles. The van der Waals surface area contributed by atoms with E-state index in [0.717, 1.165) is 5.82 Å². The average molecular weight is 241 g/mol. The van der Waals surface area contributed by atoms with Crippen molar-refractivity contribution in [2.45, 2.75) is 6.92 Å². The quantitative estimate of drug-likeness (QED) is 0.681. The Labute approximate surface area is 101 Å². The van der Waals surface area contributed by atoms with Crippen LogP contribution in [0.3, 0.4) is 0 Å². The predicted octanol–water partition coefficient (Wildman–Crippen LogP) is 0.869. The van der Waals surface area contributed by atoms with Gasteiger partial charge >= 0.3 is 0 Å². The van der Waals surface area contributed by atoms with Gasteiger partial charge in [0.25, 0.3) is 0 Å². The molecule has 17 heavy (non-hydrogen) atoms. The number of hydrogen-bond donors (Lipinski definition) is 1. The summed E-state index contributed by atoms with van der Waals surface area (Å²) in [7, 11) is 3.23. The molecule has 0 amide bonds. The van der Waals surface area contributed by atoms with Crippen LogP contribution in [-0.4, -0.2) is 50.6 Å². The molecule has 0 bridgehead atoms. The van der Waals surface area contributed by atoms with Gasteiger partial charge in [-0.2, -0.15) is 4.98 Å². The molecule has 0 aliphatic heterocycles. The highest BCUT2D eigenvalue weighted by molar-refractivity contribution is 5.38. The van der Waals surface area contributed by atoms with Crippen molar-refractivity contribution in [1.29, 1.82) is 0 Å². The van der Waals surface area contributed by atoms with Gasteiger partial charge in [0, 0.05) is 19.7 Å². The molecule has 1 N–H and O–H groups in total. The molecule has 0 radical (unpaired) electrons. The summed E-state index contributed by atoms with van der Waals surface area (Å²) in [5.41, 5.74) is 0. The largest absolute Gasteiger partial charge is 0.481 e. The van der Waals surface area contributed by atoms with Crippen LogP contribution in [0.25, 0.3) is 0 Å². The zero-order valence-electron chi connectivity index (χ0n) is 10.5. The first kappa shape index (κ1) is 13.7. The van der Waals surface area contributed by atoms with Crippen LogP contribution >= 0.6 is 0 Å². The van der Waals surface area contributed by atoms with Gasteiger partial charge in [-0.05, 0) is 6.92 Å². The van der Waals surface area contributed by atoms with Crippen LogP contribution in [0.4, 0.5) is 5.82 Å². The van der Waals surface area contributed by atoms with Crippen molar-refractivity contribution in [1.82, 2.24) is 9.97 Å². The van der Waals surface area contributed by atoms with Crippen molar-refractivity contribution >= 4 is 5.82 Å². The highest BCUT2D eigenvalue weighted by Gasteiger charge is 2.00. The molecule has 6 nitrogen and oxygen atoms in total. The standard InChI is InChI=1S/C11H19N3O3/c1-9-13-10(8-11(14-9)16-3)12-4-5-17-7-6-15-2/h8H,4-7H2,1-3H3,(H,12,13,14). The third-order valence-corrected chi connectivity index (χ3v) is 2.01. The number of ether oxygens (including phenoxy) is 3. The Hall–Kier alpha value is -1.40. The van der Waals surface area contributed by atoms with Crippen LogP contribution in [0.1, 0.15) is 5.82 Å². The lowest BCUT2D eigenvalue weighted by atomic mass is 10.5. The topological polar surface area (TPSA) is 65.5 Å². The maximum Gasteiger partial charge on any atom is 0.218 e. The number of nitrogens with zero attached hydrogens (tertiary/aromatic N) is 2. The summed E-state index contributed by atoms with van der Waals surface area (Å²) >= 11 is 0. The first-order valence-corrected chi connectivity index (χ1v) is 5.46. The molecule has 6 heteroatoms. The van der Waals surface area contributed by atoms with Gasteiger partial charge in [-0.15, -0.1) is 0 Å². The van der Waals surface area contributed by atoms with Gasteiger partial charge in [-0.1, -0.05) is 0 Å². The Balaban J connectivity index is 2.28. The van der Waals surface area contributed by atoms with Crippen molar-refractivity contribution in [3.05, 3.63) is 11.9 Å². The number of hydrogen-bond acceptors (Lipinski definition) is 6. The molecule has 0 aliphatic rings. The predicted molar refractivity (Wildman–Crippen MR) is 64.5 cm³/mol. The van der Waals surface area contributed by atoms with E-state index < -0.39 is 0 Å². The third-order valence-electron chi connectivity index (χ3n) is 2.01. The van der Waals surface area contributed by atoms with Crippen molar-refractivity contribution in [3.8, 4) is 5.88 Å². The number of anilines is 1. The van der Waals surface area contributed by atoms with Crippen LogP contribution in [-0.2, 0) is 9.47 Å². The molecule has 1 heterocycles. The van der Waals surface area contributed by atoms with Gasteiger partial charge in [0.15, 0.2) is 0 Å². The van der Waals surface area contributed by atoms with Crippen LogP contribution in [0.2, 0.25) is 0 Å². The highest BCUT2D eigenvalue weighted by Crippen LogP contribution is 2.11. The summed E-state index contributed by atoms with van der Waals surface area (Å²) in [5, 5.41) is 3.14. The number of rotatable bonds is 8. The van der Waals surface area contributed by atoms with Crippen LogP contribution in [0, 0.1) is 6.92 Å². The molecule has 0 atom stereocenters. The first-order chi connectivity index (χ1) is 8.26. The molecular weight excluding hydrogens is 222 g/mol. The summed E-state index contributed by atoms with van der Waals surface area (Å²) < 4.78 is 15.2. The van der Waals surface area contributed by atoms with E-state index in [1.807, 2.05) is 6.92 Å². The Bertz CT molecular complexity index is 334. The second-order valence-corrected chi connectivity index (χ2v) is 3.37. The maximum atomic E-state index is 5.32. The zero-order chi connectivity index (χ0) is 12.5. The smallest absolute Gasteiger partial charge is 0.218 e. The van der Waals surface area contributed by atoms with Gasteiger partial charge in [0.05, 0.1) is 26.9 Å². The summed E-state index contributed by atoms with van der Waals surface area (Å²) in [6, 6.07) is 1.75.